The molecule has 28 heavy (non-hydrogen) atoms. The minimum absolute atomic E-state index is 0.0456. The van der Waals surface area contributed by atoms with Crippen LogP contribution in [-0.2, 0) is 14.5 Å². The molecule has 0 aromatic heterocycles. The number of aromatic hydroxyl groups is 1. The second-order valence-electron chi connectivity index (χ2n) is 8.48. The molecule has 2 atom stereocenters. The molecule has 5 nitrogen and oxygen atoms in total. The van der Waals surface area contributed by atoms with E-state index in [0.717, 1.165) is 17.7 Å². The van der Waals surface area contributed by atoms with Gasteiger partial charge in [-0.25, -0.2) is 0 Å². The average Bonchev–Trinajstić information content (AvgIpc) is 3.11. The van der Waals surface area contributed by atoms with E-state index in [9.17, 15) is 14.7 Å². The molecule has 1 spiro atoms. The second-order valence-corrected chi connectivity index (χ2v) is 9.65. The highest BCUT2D eigenvalue weighted by atomic mass is 32.2. The first kappa shape index (κ1) is 17.6. The van der Waals surface area contributed by atoms with Gasteiger partial charge in [-0.15, -0.1) is 11.8 Å². The van der Waals surface area contributed by atoms with Crippen molar-refractivity contribution >= 4 is 35.0 Å². The molecule has 0 radical (unpaired) electrons. The van der Waals surface area contributed by atoms with Gasteiger partial charge in [0.05, 0.1) is 11.4 Å². The normalized spacial score (nSPS) is 27.6. The van der Waals surface area contributed by atoms with Crippen LogP contribution in [-0.4, -0.2) is 28.2 Å². The zero-order valence-electron chi connectivity index (χ0n) is 16.1. The summed E-state index contributed by atoms with van der Waals surface area (Å²) in [6.07, 6.45) is 0.878. The van der Waals surface area contributed by atoms with Crippen molar-refractivity contribution < 1.29 is 14.7 Å². The standard InChI is InChI=1S/C22H22N2O3S/c1-13-11-21(2,3)24-19-16(13)5-4-6-17(19)22(20(24)27)23(18(26)12-28-22)14-7-9-15(25)10-8-14/h4-10,13,25H,11-12H2,1-3H3/t13-,22+/m0/s1. The molecule has 0 bridgehead atoms. The summed E-state index contributed by atoms with van der Waals surface area (Å²) in [6.45, 7) is 6.41. The smallest absolute Gasteiger partial charge is 0.269 e. The van der Waals surface area contributed by atoms with Crippen LogP contribution >= 0.6 is 11.8 Å². The van der Waals surface area contributed by atoms with Crippen molar-refractivity contribution in [3.63, 3.8) is 0 Å². The lowest BCUT2D eigenvalue weighted by Gasteiger charge is -2.44. The molecule has 2 amide bonds. The molecule has 5 rings (SSSR count). The van der Waals surface area contributed by atoms with Crippen LogP contribution in [0.2, 0.25) is 0 Å². The molecular weight excluding hydrogens is 372 g/mol. The zero-order valence-corrected chi connectivity index (χ0v) is 16.9. The Morgan fingerprint density at radius 3 is 2.50 bits per heavy atom. The maximum atomic E-state index is 14.0. The van der Waals surface area contributed by atoms with Gasteiger partial charge in [-0.2, -0.15) is 0 Å². The third-order valence-electron chi connectivity index (χ3n) is 6.17. The Morgan fingerprint density at radius 1 is 1.07 bits per heavy atom. The van der Waals surface area contributed by atoms with E-state index >= 15 is 0 Å². The third-order valence-corrected chi connectivity index (χ3v) is 7.55. The van der Waals surface area contributed by atoms with Gasteiger partial charge >= 0.3 is 0 Å². The predicted octanol–water partition coefficient (Wildman–Crippen LogP) is 3.96. The Morgan fingerprint density at radius 2 is 1.79 bits per heavy atom. The largest absolute Gasteiger partial charge is 0.508 e. The zero-order chi connectivity index (χ0) is 19.8. The van der Waals surface area contributed by atoms with Gasteiger partial charge < -0.3 is 10.0 Å². The molecular formula is C22H22N2O3S. The van der Waals surface area contributed by atoms with E-state index in [1.807, 2.05) is 17.0 Å². The van der Waals surface area contributed by atoms with Crippen molar-refractivity contribution in [1.29, 1.82) is 0 Å². The van der Waals surface area contributed by atoms with Gasteiger partial charge in [-0.3, -0.25) is 14.5 Å². The Bertz CT molecular complexity index is 1020. The number of thioether (sulfide) groups is 1. The van der Waals surface area contributed by atoms with E-state index in [0.29, 0.717) is 11.6 Å². The van der Waals surface area contributed by atoms with Gasteiger partial charge in [0.2, 0.25) is 10.8 Å². The maximum absolute atomic E-state index is 14.0. The number of para-hydroxylation sites is 1. The molecule has 6 heteroatoms. The number of rotatable bonds is 1. The highest BCUT2D eigenvalue weighted by Gasteiger charge is 2.64. The van der Waals surface area contributed by atoms with E-state index < -0.39 is 4.87 Å². The molecule has 0 unspecified atom stereocenters. The fourth-order valence-electron chi connectivity index (χ4n) is 5.13. The molecule has 0 saturated carbocycles. The Balaban J connectivity index is 1.78. The number of hydrogen-bond acceptors (Lipinski definition) is 4. The SMILES string of the molecule is C[C@H]1CC(C)(C)N2C(=O)[C@]3(SCC(=O)N3c3ccc(O)cc3)c3cccc1c32. The number of anilines is 2. The van der Waals surface area contributed by atoms with Gasteiger partial charge in [0.1, 0.15) is 5.75 Å². The molecule has 1 saturated heterocycles. The van der Waals surface area contributed by atoms with Crippen LogP contribution in [0.15, 0.2) is 42.5 Å². The number of nitrogens with zero attached hydrogens (tertiary/aromatic N) is 2. The molecule has 3 aliphatic heterocycles. The lowest BCUT2D eigenvalue weighted by molar-refractivity contribution is -0.124. The van der Waals surface area contributed by atoms with Crippen molar-refractivity contribution in [3.8, 4) is 5.75 Å². The molecule has 3 aliphatic rings. The lowest BCUT2D eigenvalue weighted by Crippen LogP contribution is -2.56. The van der Waals surface area contributed by atoms with Crippen molar-refractivity contribution in [2.24, 2.45) is 0 Å². The monoisotopic (exact) mass is 394 g/mol. The molecule has 1 fully saturated rings. The quantitative estimate of drug-likeness (QED) is 0.795. The summed E-state index contributed by atoms with van der Waals surface area (Å²) < 4.78 is 0. The van der Waals surface area contributed by atoms with Crippen molar-refractivity contribution in [2.45, 2.75) is 43.5 Å². The van der Waals surface area contributed by atoms with E-state index in [1.165, 1.54) is 17.3 Å². The van der Waals surface area contributed by atoms with Gasteiger partial charge in [0.25, 0.3) is 5.91 Å². The van der Waals surface area contributed by atoms with Crippen LogP contribution in [0.25, 0.3) is 0 Å². The minimum atomic E-state index is -1.08. The first-order chi connectivity index (χ1) is 13.3. The second kappa shape index (κ2) is 5.54. The number of hydrogen-bond donors (Lipinski definition) is 1. The summed E-state index contributed by atoms with van der Waals surface area (Å²) in [6, 6.07) is 12.6. The molecule has 144 valence electrons. The van der Waals surface area contributed by atoms with Crippen LogP contribution in [0, 0.1) is 0 Å². The van der Waals surface area contributed by atoms with Crippen molar-refractivity contribution in [1.82, 2.24) is 0 Å². The first-order valence-electron chi connectivity index (χ1n) is 9.51. The van der Waals surface area contributed by atoms with Crippen LogP contribution in [0.4, 0.5) is 11.4 Å². The number of fused-ring (bicyclic) bond motifs is 1. The van der Waals surface area contributed by atoms with E-state index in [4.69, 9.17) is 0 Å². The van der Waals surface area contributed by atoms with Gasteiger partial charge in [-0.1, -0.05) is 25.1 Å². The summed E-state index contributed by atoms with van der Waals surface area (Å²) in [5.74, 6) is 0.587. The summed E-state index contributed by atoms with van der Waals surface area (Å²) in [4.78, 5) is 29.4. The predicted molar refractivity (Wildman–Crippen MR) is 111 cm³/mol. The fraction of sp³-hybridized carbons (Fsp3) is 0.364. The molecule has 3 heterocycles. The molecule has 2 aromatic rings. The summed E-state index contributed by atoms with van der Waals surface area (Å²) in [5, 5.41) is 9.67. The maximum Gasteiger partial charge on any atom is 0.269 e. The van der Waals surface area contributed by atoms with E-state index in [1.54, 1.807) is 29.2 Å². The highest BCUT2D eigenvalue weighted by Crippen LogP contribution is 2.61. The fourth-order valence-corrected chi connectivity index (χ4v) is 6.47. The minimum Gasteiger partial charge on any atom is -0.508 e. The highest BCUT2D eigenvalue weighted by molar-refractivity contribution is 8.02. The molecule has 0 aliphatic carbocycles. The van der Waals surface area contributed by atoms with Crippen molar-refractivity contribution in [3.05, 3.63) is 53.6 Å². The lowest BCUT2D eigenvalue weighted by atomic mass is 9.80. The van der Waals surface area contributed by atoms with Crippen LogP contribution in [0.3, 0.4) is 0 Å². The molecule has 2 aromatic carbocycles. The van der Waals surface area contributed by atoms with Gasteiger partial charge in [0, 0.05) is 16.8 Å². The number of phenols is 1. The average molecular weight is 394 g/mol. The Hall–Kier alpha value is -2.47. The number of carbonyl (C=O) groups excluding carboxylic acids is 2. The van der Waals surface area contributed by atoms with Crippen LogP contribution in [0.5, 0.6) is 5.75 Å². The summed E-state index contributed by atoms with van der Waals surface area (Å²) in [5.41, 5.74) is 3.36. The van der Waals surface area contributed by atoms with E-state index in [-0.39, 0.29) is 28.9 Å². The number of amides is 2. The van der Waals surface area contributed by atoms with Crippen LogP contribution in [0.1, 0.15) is 44.2 Å². The van der Waals surface area contributed by atoms with Gasteiger partial charge in [0.15, 0.2) is 0 Å². The first-order valence-corrected chi connectivity index (χ1v) is 10.5. The van der Waals surface area contributed by atoms with Gasteiger partial charge in [-0.05, 0) is 56.0 Å². The van der Waals surface area contributed by atoms with E-state index in [2.05, 4.69) is 26.8 Å². The number of carbonyl (C=O) groups is 2. The topological polar surface area (TPSA) is 60.9 Å². The Kier molecular flexibility index (Phi) is 3.48. The third kappa shape index (κ3) is 2.04. The summed E-state index contributed by atoms with van der Waals surface area (Å²) >= 11 is 1.40. The van der Waals surface area contributed by atoms with Crippen LogP contribution < -0.4 is 9.80 Å². The summed E-state index contributed by atoms with van der Waals surface area (Å²) in [7, 11) is 0. The number of phenolic OH excluding ortho intramolecular Hbond substituents is 1. The molecule has 1 N–H and O–H groups in total. The number of benzene rings is 2. The Labute approximate surface area is 168 Å². The van der Waals surface area contributed by atoms with Crippen molar-refractivity contribution in [2.75, 3.05) is 15.6 Å².